The maximum absolute atomic E-state index is 13.6. The van der Waals surface area contributed by atoms with Crippen molar-refractivity contribution in [3.05, 3.63) is 35.1 Å². The molecule has 4 heteroatoms. The van der Waals surface area contributed by atoms with Crippen molar-refractivity contribution in [1.82, 2.24) is 0 Å². The highest BCUT2D eigenvalue weighted by molar-refractivity contribution is 7.98. The molecule has 0 aromatic heterocycles. The van der Waals surface area contributed by atoms with Crippen LogP contribution in [-0.2, 0) is 10.5 Å². The number of rotatable bonds is 5. The molecule has 1 aromatic carbocycles. The molecule has 0 aliphatic heterocycles. The summed E-state index contributed by atoms with van der Waals surface area (Å²) in [4.78, 5) is 0. The largest absolute Gasteiger partial charge is 0.384 e. The lowest BCUT2D eigenvalue weighted by molar-refractivity contribution is 0.218. The van der Waals surface area contributed by atoms with E-state index in [9.17, 15) is 4.39 Å². The minimum absolute atomic E-state index is 0.210. The fraction of sp³-hybridized carbons (Fsp3) is 0.385. The highest BCUT2D eigenvalue weighted by Crippen LogP contribution is 2.16. The zero-order chi connectivity index (χ0) is 12.5. The van der Waals surface area contributed by atoms with E-state index < -0.39 is 0 Å². The summed E-state index contributed by atoms with van der Waals surface area (Å²) in [7, 11) is 1.66. The Labute approximate surface area is 106 Å². The van der Waals surface area contributed by atoms with E-state index in [0.29, 0.717) is 23.5 Å². The number of ether oxygens (including phenoxy) is 1. The zero-order valence-electron chi connectivity index (χ0n) is 9.83. The van der Waals surface area contributed by atoms with E-state index in [2.05, 4.69) is 11.8 Å². The molecule has 0 aliphatic rings. The van der Waals surface area contributed by atoms with E-state index in [1.54, 1.807) is 24.9 Å². The van der Waals surface area contributed by atoms with Crippen LogP contribution in [-0.4, -0.2) is 26.0 Å². The molecule has 1 aromatic rings. The van der Waals surface area contributed by atoms with Gasteiger partial charge in [0.1, 0.15) is 5.82 Å². The molecule has 0 radical (unpaired) electrons. The lowest BCUT2D eigenvalue weighted by Gasteiger charge is -2.03. The second kappa shape index (κ2) is 8.13. The lowest BCUT2D eigenvalue weighted by Crippen LogP contribution is -1.95. The molecule has 0 bridgehead atoms. The molecular formula is C13H16FNOS. The molecule has 0 atom stereocenters. The molecule has 1 rings (SSSR count). The Kier molecular flexibility index (Phi) is 6.71. The zero-order valence-corrected chi connectivity index (χ0v) is 10.6. The number of nitrogens with two attached hydrogens (primary N) is 1. The summed E-state index contributed by atoms with van der Waals surface area (Å²) in [6.07, 6.45) is 0. The Morgan fingerprint density at radius 2 is 2.29 bits per heavy atom. The van der Waals surface area contributed by atoms with Crippen molar-refractivity contribution in [3.63, 3.8) is 0 Å². The van der Waals surface area contributed by atoms with Crippen molar-refractivity contribution >= 4 is 11.8 Å². The Hall–Kier alpha value is -1.02. The van der Waals surface area contributed by atoms with E-state index in [-0.39, 0.29) is 12.4 Å². The summed E-state index contributed by atoms with van der Waals surface area (Å²) in [6.45, 7) is 0.975. The first-order valence-electron chi connectivity index (χ1n) is 5.32. The van der Waals surface area contributed by atoms with E-state index in [1.807, 2.05) is 6.07 Å². The molecule has 17 heavy (non-hydrogen) atoms. The minimum atomic E-state index is -0.210. The van der Waals surface area contributed by atoms with Gasteiger partial charge in [-0.1, -0.05) is 17.9 Å². The fourth-order valence-electron chi connectivity index (χ4n) is 1.22. The summed E-state index contributed by atoms with van der Waals surface area (Å²) in [6, 6.07) is 5.04. The highest BCUT2D eigenvalue weighted by atomic mass is 32.2. The highest BCUT2D eigenvalue weighted by Gasteiger charge is 2.02. The van der Waals surface area contributed by atoms with E-state index in [0.717, 1.165) is 5.75 Å². The molecule has 2 nitrogen and oxygen atoms in total. The fourth-order valence-corrected chi connectivity index (χ4v) is 2.10. The van der Waals surface area contributed by atoms with Gasteiger partial charge in [-0.2, -0.15) is 11.8 Å². The molecule has 0 spiro atoms. The van der Waals surface area contributed by atoms with Crippen molar-refractivity contribution in [3.8, 4) is 11.8 Å². The normalized spacial score (nSPS) is 9.82. The van der Waals surface area contributed by atoms with Crippen molar-refractivity contribution in [2.24, 2.45) is 5.73 Å². The second-order valence-corrected chi connectivity index (χ2v) is 4.46. The van der Waals surface area contributed by atoms with Gasteiger partial charge in [0.25, 0.3) is 0 Å². The molecule has 0 unspecified atom stereocenters. The van der Waals surface area contributed by atoms with Crippen LogP contribution in [0.15, 0.2) is 18.2 Å². The number of halogens is 1. The SMILES string of the molecule is COCCSCc1ccc(C#CCN)cc1F. The van der Waals surface area contributed by atoms with Gasteiger partial charge >= 0.3 is 0 Å². The van der Waals surface area contributed by atoms with Crippen LogP contribution >= 0.6 is 11.8 Å². The number of methoxy groups -OCH3 is 1. The van der Waals surface area contributed by atoms with Gasteiger partial charge in [0.05, 0.1) is 13.2 Å². The van der Waals surface area contributed by atoms with Crippen molar-refractivity contribution in [2.75, 3.05) is 26.0 Å². The predicted octanol–water partition coefficient (Wildman–Crippen LogP) is 2.02. The van der Waals surface area contributed by atoms with Gasteiger partial charge in [0.2, 0.25) is 0 Å². The first-order valence-corrected chi connectivity index (χ1v) is 6.47. The average Bonchev–Trinajstić information content (AvgIpc) is 2.34. The van der Waals surface area contributed by atoms with Crippen LogP contribution in [0, 0.1) is 17.7 Å². The molecule has 92 valence electrons. The third-order valence-electron chi connectivity index (χ3n) is 2.08. The third-order valence-corrected chi connectivity index (χ3v) is 3.05. The van der Waals surface area contributed by atoms with Crippen LogP contribution in [0.1, 0.15) is 11.1 Å². The van der Waals surface area contributed by atoms with E-state index in [1.165, 1.54) is 6.07 Å². The van der Waals surface area contributed by atoms with Gasteiger partial charge in [-0.15, -0.1) is 0 Å². The van der Waals surface area contributed by atoms with Crippen molar-refractivity contribution < 1.29 is 9.13 Å². The first-order chi connectivity index (χ1) is 8.27. The third kappa shape index (κ3) is 5.22. The Balaban J connectivity index is 2.57. The first kappa shape index (κ1) is 14.0. The molecule has 2 N–H and O–H groups in total. The maximum atomic E-state index is 13.6. The molecular weight excluding hydrogens is 237 g/mol. The smallest absolute Gasteiger partial charge is 0.128 e. The van der Waals surface area contributed by atoms with Gasteiger partial charge in [-0.3, -0.25) is 0 Å². The van der Waals surface area contributed by atoms with Crippen LogP contribution in [0.2, 0.25) is 0 Å². The monoisotopic (exact) mass is 253 g/mol. The second-order valence-electron chi connectivity index (χ2n) is 3.36. The standard InChI is InChI=1S/C13H16FNOS/c1-16-7-8-17-10-12-5-4-11(3-2-6-15)9-13(12)14/h4-5,9H,6-8,10,15H2,1H3. The predicted molar refractivity (Wildman–Crippen MR) is 70.4 cm³/mol. The van der Waals surface area contributed by atoms with Gasteiger partial charge in [0.15, 0.2) is 0 Å². The summed E-state index contributed by atoms with van der Waals surface area (Å²) in [5.74, 6) is 6.82. The molecule has 0 heterocycles. The van der Waals surface area contributed by atoms with Crippen LogP contribution < -0.4 is 5.73 Å². The van der Waals surface area contributed by atoms with Gasteiger partial charge in [-0.05, 0) is 17.7 Å². The van der Waals surface area contributed by atoms with Crippen LogP contribution in [0.4, 0.5) is 4.39 Å². The molecule has 0 saturated heterocycles. The number of hydrogen-bond acceptors (Lipinski definition) is 3. The van der Waals surface area contributed by atoms with Crippen molar-refractivity contribution in [2.45, 2.75) is 5.75 Å². The van der Waals surface area contributed by atoms with Gasteiger partial charge in [-0.25, -0.2) is 4.39 Å². The Morgan fingerprint density at radius 1 is 1.47 bits per heavy atom. The van der Waals surface area contributed by atoms with Crippen LogP contribution in [0.5, 0.6) is 0 Å². The average molecular weight is 253 g/mol. The Morgan fingerprint density at radius 3 is 2.94 bits per heavy atom. The Bertz CT molecular complexity index is 412. The number of thioether (sulfide) groups is 1. The lowest BCUT2D eigenvalue weighted by atomic mass is 10.1. The van der Waals surface area contributed by atoms with Gasteiger partial charge < -0.3 is 10.5 Å². The van der Waals surface area contributed by atoms with E-state index >= 15 is 0 Å². The number of benzene rings is 1. The van der Waals surface area contributed by atoms with E-state index in [4.69, 9.17) is 10.5 Å². The molecule has 0 aliphatic carbocycles. The molecule has 0 amide bonds. The summed E-state index contributed by atoms with van der Waals surface area (Å²) in [5.41, 5.74) is 6.62. The summed E-state index contributed by atoms with van der Waals surface area (Å²) in [5, 5.41) is 0. The summed E-state index contributed by atoms with van der Waals surface area (Å²) < 4.78 is 18.6. The number of hydrogen-bond donors (Lipinski definition) is 1. The van der Waals surface area contributed by atoms with Crippen LogP contribution in [0.25, 0.3) is 0 Å². The maximum Gasteiger partial charge on any atom is 0.128 e. The van der Waals surface area contributed by atoms with Crippen LogP contribution in [0.3, 0.4) is 0 Å². The summed E-state index contributed by atoms with van der Waals surface area (Å²) >= 11 is 1.65. The quantitative estimate of drug-likeness (QED) is 0.644. The topological polar surface area (TPSA) is 35.2 Å². The minimum Gasteiger partial charge on any atom is -0.384 e. The van der Waals surface area contributed by atoms with Gasteiger partial charge in [0, 0.05) is 24.2 Å². The molecule has 0 saturated carbocycles. The van der Waals surface area contributed by atoms with Crippen molar-refractivity contribution in [1.29, 1.82) is 0 Å². The molecule has 0 fully saturated rings.